The van der Waals surface area contributed by atoms with E-state index in [1.165, 1.54) is 12.8 Å². The summed E-state index contributed by atoms with van der Waals surface area (Å²) in [7, 11) is 0. The van der Waals surface area contributed by atoms with Crippen LogP contribution in [0.3, 0.4) is 0 Å². The SMILES string of the molecule is Cc1cnc(N2CC[C@]3(C[C@H]3C(=O)N3CCCC3)C2)nc1. The van der Waals surface area contributed by atoms with Crippen LogP contribution in [0.15, 0.2) is 12.4 Å². The van der Waals surface area contributed by atoms with Crippen molar-refractivity contribution in [1.29, 1.82) is 0 Å². The number of rotatable bonds is 2. The van der Waals surface area contributed by atoms with Gasteiger partial charge in [0, 0.05) is 49.9 Å². The van der Waals surface area contributed by atoms with Crippen molar-refractivity contribution in [2.75, 3.05) is 31.1 Å². The smallest absolute Gasteiger partial charge is 0.226 e. The van der Waals surface area contributed by atoms with Crippen molar-refractivity contribution in [3.8, 4) is 0 Å². The first kappa shape index (κ1) is 13.0. The molecule has 112 valence electrons. The van der Waals surface area contributed by atoms with E-state index in [1.807, 2.05) is 19.3 Å². The van der Waals surface area contributed by atoms with Crippen molar-refractivity contribution in [3.63, 3.8) is 0 Å². The average Bonchev–Trinajstić information content (AvgIpc) is 2.86. The molecule has 0 N–H and O–H groups in total. The van der Waals surface area contributed by atoms with Gasteiger partial charge in [-0.1, -0.05) is 0 Å². The van der Waals surface area contributed by atoms with Crippen LogP contribution < -0.4 is 4.90 Å². The fourth-order valence-corrected chi connectivity index (χ4v) is 3.92. The molecule has 3 aliphatic rings. The predicted molar refractivity (Wildman–Crippen MR) is 80.0 cm³/mol. The minimum absolute atomic E-state index is 0.216. The Morgan fingerprint density at radius 3 is 2.67 bits per heavy atom. The summed E-state index contributed by atoms with van der Waals surface area (Å²) >= 11 is 0. The van der Waals surface area contributed by atoms with Gasteiger partial charge in [-0.05, 0) is 38.2 Å². The second-order valence-electron chi connectivity index (χ2n) is 6.88. The number of anilines is 1. The lowest BCUT2D eigenvalue weighted by atomic mass is 10.0. The van der Waals surface area contributed by atoms with Crippen LogP contribution in [0.4, 0.5) is 5.95 Å². The van der Waals surface area contributed by atoms with Crippen molar-refractivity contribution in [2.45, 2.75) is 32.6 Å². The Morgan fingerprint density at radius 2 is 1.95 bits per heavy atom. The van der Waals surface area contributed by atoms with Gasteiger partial charge in [0.2, 0.25) is 11.9 Å². The molecule has 3 fully saturated rings. The van der Waals surface area contributed by atoms with Crippen LogP contribution in [0, 0.1) is 18.3 Å². The summed E-state index contributed by atoms with van der Waals surface area (Å²) in [5.41, 5.74) is 1.30. The van der Waals surface area contributed by atoms with Crippen molar-refractivity contribution >= 4 is 11.9 Å². The van der Waals surface area contributed by atoms with Gasteiger partial charge in [-0.2, -0.15) is 0 Å². The van der Waals surface area contributed by atoms with Gasteiger partial charge in [-0.15, -0.1) is 0 Å². The van der Waals surface area contributed by atoms with Gasteiger partial charge in [-0.25, -0.2) is 9.97 Å². The van der Waals surface area contributed by atoms with Crippen LogP contribution in [0.1, 0.15) is 31.2 Å². The number of hydrogen-bond donors (Lipinski definition) is 0. The monoisotopic (exact) mass is 286 g/mol. The van der Waals surface area contributed by atoms with Gasteiger partial charge < -0.3 is 9.80 Å². The normalized spacial score (nSPS) is 31.2. The number of carbonyl (C=O) groups excluding carboxylic acids is 1. The Balaban J connectivity index is 1.42. The Bertz CT molecular complexity index is 552. The summed E-state index contributed by atoms with van der Waals surface area (Å²) < 4.78 is 0. The molecule has 1 aromatic rings. The Morgan fingerprint density at radius 1 is 1.24 bits per heavy atom. The fraction of sp³-hybridized carbons (Fsp3) is 0.688. The van der Waals surface area contributed by atoms with Crippen molar-refractivity contribution < 1.29 is 4.79 Å². The van der Waals surface area contributed by atoms with Crippen molar-refractivity contribution in [3.05, 3.63) is 18.0 Å². The van der Waals surface area contributed by atoms with E-state index in [-0.39, 0.29) is 11.3 Å². The molecule has 2 aliphatic heterocycles. The lowest BCUT2D eigenvalue weighted by Gasteiger charge is -2.18. The van der Waals surface area contributed by atoms with E-state index < -0.39 is 0 Å². The Kier molecular flexibility index (Phi) is 2.91. The van der Waals surface area contributed by atoms with E-state index >= 15 is 0 Å². The summed E-state index contributed by atoms with van der Waals surface area (Å²) in [4.78, 5) is 25.7. The Hall–Kier alpha value is -1.65. The quantitative estimate of drug-likeness (QED) is 0.829. The molecule has 1 saturated carbocycles. The summed E-state index contributed by atoms with van der Waals surface area (Å²) in [5, 5.41) is 0. The van der Waals surface area contributed by atoms with Crippen molar-refractivity contribution in [2.24, 2.45) is 11.3 Å². The molecule has 1 aromatic heterocycles. The molecule has 5 heteroatoms. The summed E-state index contributed by atoms with van der Waals surface area (Å²) in [6.45, 7) is 5.86. The minimum Gasteiger partial charge on any atom is -0.342 e. The highest BCUT2D eigenvalue weighted by Crippen LogP contribution is 2.59. The number of amides is 1. The molecule has 2 atom stereocenters. The molecule has 0 radical (unpaired) electrons. The minimum atomic E-state index is 0.216. The number of carbonyl (C=O) groups is 1. The standard InChI is InChI=1S/C16H22N4O/c1-12-9-17-15(18-10-12)20-7-4-16(11-20)8-13(16)14(21)19-5-2-3-6-19/h9-10,13H,2-8,11H2,1H3/t13-,16-/m0/s1. The van der Waals surface area contributed by atoms with E-state index in [0.29, 0.717) is 5.91 Å². The molecule has 0 aromatic carbocycles. The summed E-state index contributed by atoms with van der Waals surface area (Å²) in [6.07, 6.45) is 8.25. The molecular weight excluding hydrogens is 264 g/mol. The first-order chi connectivity index (χ1) is 10.2. The van der Waals surface area contributed by atoms with Crippen LogP contribution in [-0.2, 0) is 4.79 Å². The molecule has 3 heterocycles. The van der Waals surface area contributed by atoms with E-state index in [1.54, 1.807) is 0 Å². The molecule has 21 heavy (non-hydrogen) atoms. The van der Waals surface area contributed by atoms with Crippen LogP contribution in [0.2, 0.25) is 0 Å². The van der Waals surface area contributed by atoms with Crippen molar-refractivity contribution in [1.82, 2.24) is 14.9 Å². The third kappa shape index (κ3) is 2.19. The number of aromatic nitrogens is 2. The third-order valence-corrected chi connectivity index (χ3v) is 5.34. The molecule has 5 nitrogen and oxygen atoms in total. The highest BCUT2D eigenvalue weighted by Gasteiger charge is 2.61. The highest BCUT2D eigenvalue weighted by molar-refractivity contribution is 5.83. The van der Waals surface area contributed by atoms with Gasteiger partial charge in [0.25, 0.3) is 0 Å². The molecule has 2 saturated heterocycles. The first-order valence-corrected chi connectivity index (χ1v) is 8.00. The zero-order valence-corrected chi connectivity index (χ0v) is 12.6. The van der Waals surface area contributed by atoms with Gasteiger partial charge >= 0.3 is 0 Å². The molecule has 0 unspecified atom stereocenters. The Labute approximate surface area is 125 Å². The van der Waals surface area contributed by atoms with E-state index in [9.17, 15) is 4.79 Å². The predicted octanol–water partition coefficient (Wildman–Crippen LogP) is 1.62. The van der Waals surface area contributed by atoms with Gasteiger partial charge in [0.15, 0.2) is 0 Å². The molecular formula is C16H22N4O. The lowest BCUT2D eigenvalue weighted by Crippen LogP contribution is -2.31. The largest absolute Gasteiger partial charge is 0.342 e. The molecule has 0 bridgehead atoms. The number of hydrogen-bond acceptors (Lipinski definition) is 4. The summed E-state index contributed by atoms with van der Waals surface area (Å²) in [6, 6.07) is 0. The van der Waals surface area contributed by atoms with E-state index in [2.05, 4.69) is 19.8 Å². The lowest BCUT2D eigenvalue weighted by molar-refractivity contribution is -0.132. The molecule has 1 spiro atoms. The zero-order valence-electron chi connectivity index (χ0n) is 12.6. The van der Waals surface area contributed by atoms with Gasteiger partial charge in [0.1, 0.15) is 0 Å². The number of nitrogens with zero attached hydrogens (tertiary/aromatic N) is 4. The maximum absolute atomic E-state index is 12.5. The highest BCUT2D eigenvalue weighted by atomic mass is 16.2. The first-order valence-electron chi connectivity index (χ1n) is 8.00. The zero-order chi connectivity index (χ0) is 14.4. The average molecular weight is 286 g/mol. The maximum Gasteiger partial charge on any atom is 0.226 e. The van der Waals surface area contributed by atoms with Crippen LogP contribution in [0.25, 0.3) is 0 Å². The van der Waals surface area contributed by atoms with Gasteiger partial charge in [-0.3, -0.25) is 4.79 Å². The summed E-state index contributed by atoms with van der Waals surface area (Å²) in [5.74, 6) is 1.47. The number of aryl methyl sites for hydroxylation is 1. The second-order valence-corrected chi connectivity index (χ2v) is 6.88. The molecule has 1 aliphatic carbocycles. The van der Waals surface area contributed by atoms with Crippen LogP contribution in [0.5, 0.6) is 0 Å². The van der Waals surface area contributed by atoms with Gasteiger partial charge in [0.05, 0.1) is 0 Å². The maximum atomic E-state index is 12.5. The van der Waals surface area contributed by atoms with Crippen LogP contribution >= 0.6 is 0 Å². The third-order valence-electron chi connectivity index (χ3n) is 5.34. The van der Waals surface area contributed by atoms with E-state index in [4.69, 9.17) is 0 Å². The van der Waals surface area contributed by atoms with Crippen LogP contribution in [-0.4, -0.2) is 47.0 Å². The molecule has 4 rings (SSSR count). The fourth-order valence-electron chi connectivity index (χ4n) is 3.92. The molecule has 1 amide bonds. The topological polar surface area (TPSA) is 49.3 Å². The van der Waals surface area contributed by atoms with E-state index in [0.717, 1.165) is 50.5 Å². The number of likely N-dealkylation sites (tertiary alicyclic amines) is 1. The second kappa shape index (κ2) is 4.68.